The molecule has 1 aromatic heterocycles. The number of carbonyl (C=O) groups excluding carboxylic acids is 1. The molecule has 0 saturated carbocycles. The number of hydrogen-bond acceptors (Lipinski definition) is 5. The molecule has 0 atom stereocenters. The van der Waals surface area contributed by atoms with E-state index in [1.54, 1.807) is 0 Å². The Kier molecular flexibility index (Phi) is 5.11. The van der Waals surface area contributed by atoms with Gasteiger partial charge >= 0.3 is 0 Å². The summed E-state index contributed by atoms with van der Waals surface area (Å²) in [6.07, 6.45) is 1.86. The summed E-state index contributed by atoms with van der Waals surface area (Å²) in [6.45, 7) is 12.0. The van der Waals surface area contributed by atoms with Crippen molar-refractivity contribution in [2.75, 3.05) is 26.3 Å². The first-order valence-electron chi connectivity index (χ1n) is 7.64. The second-order valence-corrected chi connectivity index (χ2v) is 6.51. The lowest BCUT2D eigenvalue weighted by molar-refractivity contribution is -0.131. The van der Waals surface area contributed by atoms with E-state index in [1.165, 1.54) is 6.33 Å². The molecule has 1 aliphatic heterocycles. The topological polar surface area (TPSA) is 60.2 Å². The summed E-state index contributed by atoms with van der Waals surface area (Å²) in [5, 5.41) is 4.22. The fourth-order valence-electron chi connectivity index (χ4n) is 2.58. The van der Waals surface area contributed by atoms with Crippen LogP contribution in [0.1, 0.15) is 33.5 Å². The van der Waals surface area contributed by atoms with Crippen molar-refractivity contribution in [2.45, 2.75) is 46.2 Å². The van der Waals surface area contributed by atoms with E-state index in [-0.39, 0.29) is 5.78 Å². The van der Waals surface area contributed by atoms with E-state index in [9.17, 15) is 4.79 Å². The van der Waals surface area contributed by atoms with Crippen LogP contribution in [-0.4, -0.2) is 57.3 Å². The van der Waals surface area contributed by atoms with Crippen LogP contribution in [-0.2, 0) is 22.5 Å². The van der Waals surface area contributed by atoms with E-state index in [0.29, 0.717) is 25.6 Å². The maximum absolute atomic E-state index is 12.7. The number of aromatic nitrogens is 3. The standard InChI is InChI=1S/C15H26N4O2/c1-12(2)10-19-14(16-11-17-19)9-13(20)15(3,4)18-5-7-21-8-6-18/h11-12H,5-10H2,1-4H3. The van der Waals surface area contributed by atoms with E-state index in [2.05, 4.69) is 28.8 Å². The van der Waals surface area contributed by atoms with Crippen molar-refractivity contribution in [2.24, 2.45) is 5.92 Å². The van der Waals surface area contributed by atoms with Crippen LogP contribution in [0.15, 0.2) is 6.33 Å². The van der Waals surface area contributed by atoms with E-state index in [4.69, 9.17) is 4.74 Å². The van der Waals surface area contributed by atoms with E-state index < -0.39 is 5.54 Å². The smallest absolute Gasteiger partial charge is 0.160 e. The highest BCUT2D eigenvalue weighted by molar-refractivity contribution is 5.88. The van der Waals surface area contributed by atoms with Crippen molar-refractivity contribution in [3.05, 3.63) is 12.2 Å². The fraction of sp³-hybridized carbons (Fsp3) is 0.800. The Balaban J connectivity index is 2.04. The molecule has 0 bridgehead atoms. The first-order chi connectivity index (χ1) is 9.91. The Hall–Kier alpha value is -1.27. The molecule has 0 spiro atoms. The van der Waals surface area contributed by atoms with E-state index in [0.717, 1.165) is 25.5 Å². The molecule has 0 amide bonds. The van der Waals surface area contributed by atoms with Gasteiger partial charge in [0.25, 0.3) is 0 Å². The van der Waals surface area contributed by atoms with Gasteiger partial charge in [-0.3, -0.25) is 9.69 Å². The minimum absolute atomic E-state index is 0.183. The number of hydrogen-bond donors (Lipinski definition) is 0. The zero-order valence-corrected chi connectivity index (χ0v) is 13.5. The molecule has 1 aromatic rings. The van der Waals surface area contributed by atoms with Crippen molar-refractivity contribution < 1.29 is 9.53 Å². The number of nitrogens with zero attached hydrogens (tertiary/aromatic N) is 4. The maximum Gasteiger partial charge on any atom is 0.160 e. The molecule has 1 fully saturated rings. The van der Waals surface area contributed by atoms with Crippen molar-refractivity contribution >= 4 is 5.78 Å². The third kappa shape index (κ3) is 3.89. The van der Waals surface area contributed by atoms with Crippen LogP contribution in [0.25, 0.3) is 0 Å². The molecule has 6 nitrogen and oxygen atoms in total. The number of ketones is 1. The number of morpholine rings is 1. The van der Waals surface area contributed by atoms with Crippen molar-refractivity contribution in [3.63, 3.8) is 0 Å². The van der Waals surface area contributed by atoms with Gasteiger partial charge in [0, 0.05) is 19.6 Å². The molecule has 0 N–H and O–H groups in total. The molecule has 21 heavy (non-hydrogen) atoms. The van der Waals surface area contributed by atoms with Gasteiger partial charge in [-0.25, -0.2) is 9.67 Å². The van der Waals surface area contributed by atoms with Gasteiger partial charge < -0.3 is 4.74 Å². The minimum Gasteiger partial charge on any atom is -0.379 e. The predicted molar refractivity (Wildman–Crippen MR) is 80.0 cm³/mol. The Morgan fingerprint density at radius 3 is 2.67 bits per heavy atom. The third-order valence-electron chi connectivity index (χ3n) is 4.04. The van der Waals surface area contributed by atoms with Gasteiger partial charge in [-0.1, -0.05) is 13.8 Å². The lowest BCUT2D eigenvalue weighted by Gasteiger charge is -2.39. The molecule has 1 saturated heterocycles. The zero-order chi connectivity index (χ0) is 15.5. The van der Waals surface area contributed by atoms with Crippen LogP contribution in [0.5, 0.6) is 0 Å². The molecular formula is C15H26N4O2. The Bertz CT molecular complexity index is 476. The number of carbonyl (C=O) groups is 1. The Labute approximate surface area is 126 Å². The highest BCUT2D eigenvalue weighted by Gasteiger charge is 2.35. The molecule has 0 aromatic carbocycles. The largest absolute Gasteiger partial charge is 0.379 e. The van der Waals surface area contributed by atoms with Gasteiger partial charge in [-0.05, 0) is 19.8 Å². The summed E-state index contributed by atoms with van der Waals surface area (Å²) in [6, 6.07) is 0. The summed E-state index contributed by atoms with van der Waals surface area (Å²) in [5.41, 5.74) is -0.488. The number of ether oxygens (including phenoxy) is 1. The molecule has 1 aliphatic rings. The van der Waals surface area contributed by atoms with Gasteiger partial charge in [0.1, 0.15) is 12.2 Å². The molecule has 0 radical (unpaired) electrons. The molecule has 118 valence electrons. The molecule has 2 rings (SSSR count). The quantitative estimate of drug-likeness (QED) is 0.788. The van der Waals surface area contributed by atoms with E-state index in [1.807, 2.05) is 18.5 Å². The van der Waals surface area contributed by atoms with Crippen LogP contribution in [0.3, 0.4) is 0 Å². The van der Waals surface area contributed by atoms with Gasteiger partial charge in [-0.15, -0.1) is 0 Å². The lowest BCUT2D eigenvalue weighted by atomic mass is 9.93. The first kappa shape index (κ1) is 16.1. The Morgan fingerprint density at radius 2 is 2.05 bits per heavy atom. The number of rotatable bonds is 6. The number of Topliss-reactive ketones (excluding diaryl/α,β-unsaturated/α-hetero) is 1. The third-order valence-corrected chi connectivity index (χ3v) is 4.04. The average Bonchev–Trinajstić information content (AvgIpc) is 2.86. The van der Waals surface area contributed by atoms with E-state index >= 15 is 0 Å². The summed E-state index contributed by atoms with van der Waals surface area (Å²) in [5.74, 6) is 1.42. The second kappa shape index (κ2) is 6.66. The molecule has 2 heterocycles. The van der Waals surface area contributed by atoms with Crippen LogP contribution in [0.4, 0.5) is 0 Å². The first-order valence-corrected chi connectivity index (χ1v) is 7.64. The molecule has 0 aliphatic carbocycles. The highest BCUT2D eigenvalue weighted by Crippen LogP contribution is 2.19. The van der Waals surface area contributed by atoms with Crippen LogP contribution in [0, 0.1) is 5.92 Å². The molecular weight excluding hydrogens is 268 g/mol. The van der Waals surface area contributed by atoms with Crippen LogP contribution >= 0.6 is 0 Å². The summed E-state index contributed by atoms with van der Waals surface area (Å²) in [7, 11) is 0. The van der Waals surface area contributed by atoms with Gasteiger partial charge in [0.2, 0.25) is 0 Å². The SMILES string of the molecule is CC(C)Cn1ncnc1CC(=O)C(C)(C)N1CCOCC1. The van der Waals surface area contributed by atoms with Crippen molar-refractivity contribution in [1.82, 2.24) is 19.7 Å². The van der Waals surface area contributed by atoms with Crippen molar-refractivity contribution in [1.29, 1.82) is 0 Å². The average molecular weight is 294 g/mol. The summed E-state index contributed by atoms with van der Waals surface area (Å²) in [4.78, 5) is 19.2. The molecule has 6 heteroatoms. The molecule has 0 unspecified atom stereocenters. The van der Waals surface area contributed by atoms with Gasteiger partial charge in [0.05, 0.1) is 25.2 Å². The second-order valence-electron chi connectivity index (χ2n) is 6.51. The monoisotopic (exact) mass is 294 g/mol. The predicted octanol–water partition coefficient (Wildman–Crippen LogP) is 1.16. The fourth-order valence-corrected chi connectivity index (χ4v) is 2.58. The zero-order valence-electron chi connectivity index (χ0n) is 13.5. The summed E-state index contributed by atoms with van der Waals surface area (Å²) < 4.78 is 7.21. The normalized spacial score (nSPS) is 17.4. The Morgan fingerprint density at radius 1 is 1.38 bits per heavy atom. The van der Waals surface area contributed by atoms with Crippen LogP contribution < -0.4 is 0 Å². The van der Waals surface area contributed by atoms with Crippen molar-refractivity contribution in [3.8, 4) is 0 Å². The minimum atomic E-state index is -0.488. The summed E-state index contributed by atoms with van der Waals surface area (Å²) >= 11 is 0. The van der Waals surface area contributed by atoms with Gasteiger partial charge in [-0.2, -0.15) is 5.10 Å². The lowest BCUT2D eigenvalue weighted by Crippen LogP contribution is -2.55. The van der Waals surface area contributed by atoms with Crippen LogP contribution in [0.2, 0.25) is 0 Å². The highest BCUT2D eigenvalue weighted by atomic mass is 16.5. The van der Waals surface area contributed by atoms with Gasteiger partial charge in [0.15, 0.2) is 5.78 Å². The maximum atomic E-state index is 12.7.